The molecule has 12 heavy (non-hydrogen) atoms. The molecule has 1 aromatic rings. The van der Waals surface area contributed by atoms with Crippen LogP contribution in [0, 0.1) is 10.1 Å². The van der Waals surface area contributed by atoms with Gasteiger partial charge in [-0.15, -0.1) is 0 Å². The van der Waals surface area contributed by atoms with Gasteiger partial charge in [0.2, 0.25) is 0 Å². The summed E-state index contributed by atoms with van der Waals surface area (Å²) in [5, 5.41) is 19.2. The number of hydrogen-bond acceptors (Lipinski definition) is 3. The largest absolute Gasteiger partial charge is 0.478 e. The van der Waals surface area contributed by atoms with E-state index in [2.05, 4.69) is 0 Å². The number of benzene rings is 1. The average Bonchev–Trinajstić information content (AvgIpc) is 2.13. The molecular formula is C7H5NO4. The van der Waals surface area contributed by atoms with Crippen LogP contribution in [0.15, 0.2) is 24.2 Å². The fourth-order valence-electron chi connectivity index (χ4n) is 0.532. The van der Waals surface area contributed by atoms with Crippen molar-refractivity contribution in [3.63, 3.8) is 0 Å². The monoisotopic (exact) mass is 171 g/mol. The summed E-state index contributed by atoms with van der Waals surface area (Å²) >= 11 is 0. The van der Waals surface area contributed by atoms with Crippen LogP contribution in [0.1, 0.15) is 15.8 Å². The molecule has 0 aliphatic heterocycles. The molecular weight excluding hydrogens is 162 g/mol. The predicted molar refractivity (Wildman–Crippen MR) is 40.1 cm³/mol. The van der Waals surface area contributed by atoms with E-state index in [9.17, 15) is 14.9 Å². The van der Waals surface area contributed by atoms with Crippen molar-refractivity contribution in [3.8, 4) is 0 Å². The molecule has 0 fully saturated rings. The lowest BCUT2D eigenvalue weighted by Crippen LogP contribution is -1.97. The molecule has 1 rings (SSSR count). The Labute approximate surface area is 73.0 Å². The van der Waals surface area contributed by atoms with Crippen molar-refractivity contribution < 1.29 is 20.3 Å². The van der Waals surface area contributed by atoms with Crippen LogP contribution >= 0.6 is 0 Å². The Kier molecular flexibility index (Phi) is 1.05. The van der Waals surface area contributed by atoms with Crippen LogP contribution in [0.25, 0.3) is 0 Å². The molecule has 0 spiro atoms. The van der Waals surface area contributed by atoms with E-state index in [1.807, 2.05) is 0 Å². The maximum atomic E-state index is 10.7. The number of aromatic carboxylic acids is 1. The fourth-order valence-corrected chi connectivity index (χ4v) is 0.532. The van der Waals surface area contributed by atoms with E-state index in [0.717, 1.165) is 0 Å². The molecule has 0 atom stereocenters. The molecule has 1 N–H and O–H groups in total. The van der Waals surface area contributed by atoms with Crippen molar-refractivity contribution in [3.05, 3.63) is 39.8 Å². The number of hydrogen-bond donors (Lipinski definition) is 1. The standard InChI is InChI=1S/C7H5NO4/c9-7(10)5-2-1-3-6(4-5)8(11)12/h1-4H,(H,9,10)/i1D,2D,3D,4D. The van der Waals surface area contributed by atoms with Crippen LogP contribution in [0.3, 0.4) is 0 Å². The first-order chi connectivity index (χ1) is 7.29. The molecule has 62 valence electrons. The summed E-state index contributed by atoms with van der Waals surface area (Å²) in [6.45, 7) is 0. The van der Waals surface area contributed by atoms with E-state index in [1.165, 1.54) is 0 Å². The molecule has 5 heteroatoms. The van der Waals surface area contributed by atoms with Gasteiger partial charge >= 0.3 is 5.97 Å². The minimum atomic E-state index is -1.70. The molecule has 5 nitrogen and oxygen atoms in total. The van der Waals surface area contributed by atoms with Crippen molar-refractivity contribution in [2.24, 2.45) is 0 Å². The second-order valence-corrected chi connectivity index (χ2v) is 1.79. The second-order valence-electron chi connectivity index (χ2n) is 1.79. The van der Waals surface area contributed by atoms with Crippen molar-refractivity contribution in [1.29, 1.82) is 0 Å². The molecule has 0 aromatic heterocycles. The molecule has 0 bridgehead atoms. The Morgan fingerprint density at radius 3 is 2.83 bits per heavy atom. The zero-order chi connectivity index (χ0) is 12.6. The minimum absolute atomic E-state index is 0.867. The van der Waals surface area contributed by atoms with Crippen LogP contribution in [0.4, 0.5) is 5.69 Å². The lowest BCUT2D eigenvalue weighted by molar-refractivity contribution is -0.384. The first-order valence-electron chi connectivity index (χ1n) is 4.77. The predicted octanol–water partition coefficient (Wildman–Crippen LogP) is 1.29. The number of carboxylic acids is 1. The Balaban J connectivity index is 3.80. The molecule has 0 unspecified atom stereocenters. The SMILES string of the molecule is [2H]c1c([2H])c(C(=O)O)c([2H])c([N+](=O)[O-])c1[2H]. The average molecular weight is 171 g/mol. The van der Waals surface area contributed by atoms with E-state index in [-0.39, 0.29) is 0 Å². The van der Waals surface area contributed by atoms with Gasteiger partial charge in [0.25, 0.3) is 5.69 Å². The summed E-state index contributed by atoms with van der Waals surface area (Å²) in [5.74, 6) is -1.70. The minimum Gasteiger partial charge on any atom is -0.478 e. The van der Waals surface area contributed by atoms with E-state index < -0.39 is 46.3 Å². The molecule has 0 saturated carbocycles. The molecule has 0 aliphatic rings. The van der Waals surface area contributed by atoms with Gasteiger partial charge in [0.05, 0.1) is 16.0 Å². The van der Waals surface area contributed by atoms with Gasteiger partial charge in [-0.3, -0.25) is 10.1 Å². The molecule has 0 radical (unpaired) electrons. The number of nitrogens with zero attached hydrogens (tertiary/aromatic N) is 1. The summed E-state index contributed by atoms with van der Waals surface area (Å²) in [7, 11) is 0. The van der Waals surface area contributed by atoms with Gasteiger partial charge in [-0.05, 0) is 6.04 Å². The van der Waals surface area contributed by atoms with Gasteiger partial charge in [-0.25, -0.2) is 4.79 Å². The molecule has 0 aliphatic carbocycles. The third-order valence-electron chi connectivity index (χ3n) is 1.01. The quantitative estimate of drug-likeness (QED) is 0.537. The normalized spacial score (nSPS) is 14.0. The number of rotatable bonds is 2. The highest BCUT2D eigenvalue weighted by molar-refractivity contribution is 5.88. The number of carbonyl (C=O) groups is 1. The Bertz CT molecular complexity index is 461. The lowest BCUT2D eigenvalue weighted by Gasteiger charge is -1.92. The fraction of sp³-hybridized carbons (Fsp3) is 0. The van der Waals surface area contributed by atoms with Gasteiger partial charge < -0.3 is 5.11 Å². The maximum Gasteiger partial charge on any atom is 0.335 e. The number of nitro groups is 1. The van der Waals surface area contributed by atoms with E-state index in [0.29, 0.717) is 0 Å². The van der Waals surface area contributed by atoms with Gasteiger partial charge in [0, 0.05) is 12.1 Å². The van der Waals surface area contributed by atoms with Gasteiger partial charge in [0.15, 0.2) is 0 Å². The molecule has 1 aromatic carbocycles. The summed E-state index contributed by atoms with van der Waals surface area (Å²) in [6.07, 6.45) is 0. The summed E-state index contributed by atoms with van der Waals surface area (Å²) in [5.41, 5.74) is -2.01. The van der Waals surface area contributed by atoms with E-state index in [1.54, 1.807) is 0 Å². The molecule has 0 heterocycles. The third kappa shape index (κ3) is 1.57. The Morgan fingerprint density at radius 2 is 2.33 bits per heavy atom. The Hall–Kier alpha value is -1.91. The lowest BCUT2D eigenvalue weighted by atomic mass is 10.2. The van der Waals surface area contributed by atoms with Crippen LogP contribution in [-0.4, -0.2) is 16.0 Å². The van der Waals surface area contributed by atoms with Crippen LogP contribution in [-0.2, 0) is 0 Å². The smallest absolute Gasteiger partial charge is 0.335 e. The Morgan fingerprint density at radius 1 is 1.67 bits per heavy atom. The summed E-state index contributed by atoms with van der Waals surface area (Å²) in [4.78, 5) is 20.1. The summed E-state index contributed by atoms with van der Waals surface area (Å²) in [6, 6.07) is -3.69. The van der Waals surface area contributed by atoms with Crippen LogP contribution in [0.2, 0.25) is 0 Å². The summed E-state index contributed by atoms with van der Waals surface area (Å²) < 4.78 is 28.8. The van der Waals surface area contributed by atoms with Crippen molar-refractivity contribution in [1.82, 2.24) is 0 Å². The zero-order valence-corrected chi connectivity index (χ0v) is 5.62. The highest BCUT2D eigenvalue weighted by atomic mass is 16.6. The van der Waals surface area contributed by atoms with Crippen molar-refractivity contribution in [2.75, 3.05) is 0 Å². The highest BCUT2D eigenvalue weighted by Crippen LogP contribution is 2.12. The maximum absolute atomic E-state index is 10.7. The highest BCUT2D eigenvalue weighted by Gasteiger charge is 2.08. The van der Waals surface area contributed by atoms with E-state index in [4.69, 9.17) is 10.6 Å². The zero-order valence-electron chi connectivity index (χ0n) is 9.62. The molecule has 0 amide bonds. The topological polar surface area (TPSA) is 80.4 Å². The molecule has 0 saturated heterocycles. The first kappa shape index (κ1) is 4.20. The first-order valence-corrected chi connectivity index (χ1v) is 2.77. The van der Waals surface area contributed by atoms with Gasteiger partial charge in [-0.2, -0.15) is 0 Å². The van der Waals surface area contributed by atoms with Crippen molar-refractivity contribution >= 4 is 11.7 Å². The van der Waals surface area contributed by atoms with Gasteiger partial charge in [0.1, 0.15) is 0 Å². The third-order valence-corrected chi connectivity index (χ3v) is 1.01. The van der Waals surface area contributed by atoms with Crippen LogP contribution in [0.5, 0.6) is 0 Å². The second kappa shape index (κ2) is 3.00. The van der Waals surface area contributed by atoms with Gasteiger partial charge in [-0.1, -0.05) is 6.04 Å². The van der Waals surface area contributed by atoms with Crippen LogP contribution < -0.4 is 0 Å². The van der Waals surface area contributed by atoms with E-state index >= 15 is 0 Å². The number of carboxylic acid groups (broad SMARTS) is 1. The van der Waals surface area contributed by atoms with Crippen molar-refractivity contribution in [2.45, 2.75) is 0 Å². The number of nitro benzene ring substituents is 1.